The summed E-state index contributed by atoms with van der Waals surface area (Å²) >= 11 is 0. The summed E-state index contributed by atoms with van der Waals surface area (Å²) in [7, 11) is 0. The van der Waals surface area contributed by atoms with Crippen molar-refractivity contribution in [1.82, 2.24) is 4.90 Å². The van der Waals surface area contributed by atoms with Gasteiger partial charge in [-0.3, -0.25) is 0 Å². The average molecular weight is 216 g/mol. The van der Waals surface area contributed by atoms with Crippen molar-refractivity contribution in [2.75, 3.05) is 19.7 Å². The molecule has 0 rings (SSSR count). The van der Waals surface area contributed by atoms with Crippen LogP contribution in [0.2, 0.25) is 0 Å². The summed E-state index contributed by atoms with van der Waals surface area (Å²) in [6.07, 6.45) is 1.67. The molecule has 0 fully saturated rings. The largest absolute Gasteiger partial charge is 0.449 e. The zero-order chi connectivity index (χ0) is 11.9. The number of carbonyl (C=O) groups is 1. The minimum absolute atomic E-state index is 0.233. The Morgan fingerprint density at radius 3 is 2.40 bits per heavy atom. The summed E-state index contributed by atoms with van der Waals surface area (Å²) in [5.41, 5.74) is 5.24. The molecule has 4 heteroatoms. The van der Waals surface area contributed by atoms with Crippen molar-refractivity contribution in [3.05, 3.63) is 0 Å². The van der Waals surface area contributed by atoms with Crippen LogP contribution in [0.4, 0.5) is 4.79 Å². The van der Waals surface area contributed by atoms with Gasteiger partial charge in [-0.2, -0.15) is 0 Å². The maximum Gasteiger partial charge on any atom is 0.410 e. The summed E-state index contributed by atoms with van der Waals surface area (Å²) in [5.74, 6) is 0. The predicted octanol–water partition coefficient (Wildman–Crippen LogP) is 1.98. The topological polar surface area (TPSA) is 55.6 Å². The van der Waals surface area contributed by atoms with E-state index in [4.69, 9.17) is 10.5 Å². The number of rotatable bonds is 5. The lowest BCUT2D eigenvalue weighted by Crippen LogP contribution is -2.48. The molecule has 0 aromatic heterocycles. The molecule has 0 spiro atoms. The van der Waals surface area contributed by atoms with E-state index in [1.165, 1.54) is 0 Å². The van der Waals surface area contributed by atoms with Crippen LogP contribution in [-0.4, -0.2) is 36.2 Å². The summed E-state index contributed by atoms with van der Waals surface area (Å²) in [6.45, 7) is 9.48. The summed E-state index contributed by atoms with van der Waals surface area (Å²) in [6, 6.07) is 0. The zero-order valence-electron chi connectivity index (χ0n) is 10.4. The molecule has 1 amide bonds. The van der Waals surface area contributed by atoms with Gasteiger partial charge >= 0.3 is 6.09 Å². The molecule has 15 heavy (non-hydrogen) atoms. The van der Waals surface area contributed by atoms with E-state index in [1.807, 2.05) is 20.8 Å². The molecule has 0 aromatic rings. The molecule has 0 aromatic carbocycles. The van der Waals surface area contributed by atoms with Gasteiger partial charge < -0.3 is 15.4 Å². The van der Waals surface area contributed by atoms with Gasteiger partial charge in [0.1, 0.15) is 0 Å². The van der Waals surface area contributed by atoms with Crippen molar-refractivity contribution >= 4 is 6.09 Å². The Kier molecular flexibility index (Phi) is 6.32. The molecule has 0 saturated carbocycles. The van der Waals surface area contributed by atoms with E-state index in [2.05, 4.69) is 6.92 Å². The standard InChI is InChI=1S/C11H24N2O2/c1-5-6-9-15-10(14)13(8-7-12)11(2,3)4/h5-9,12H2,1-4H3. The predicted molar refractivity (Wildman–Crippen MR) is 61.8 cm³/mol. The van der Waals surface area contributed by atoms with Gasteiger partial charge in [0, 0.05) is 18.6 Å². The van der Waals surface area contributed by atoms with Crippen molar-refractivity contribution in [3.8, 4) is 0 Å². The molecule has 0 aliphatic carbocycles. The van der Waals surface area contributed by atoms with Crippen molar-refractivity contribution < 1.29 is 9.53 Å². The van der Waals surface area contributed by atoms with E-state index in [9.17, 15) is 4.79 Å². The minimum atomic E-state index is -0.263. The van der Waals surface area contributed by atoms with Crippen LogP contribution in [0.15, 0.2) is 0 Å². The quantitative estimate of drug-likeness (QED) is 0.715. The normalized spacial score (nSPS) is 11.3. The van der Waals surface area contributed by atoms with Gasteiger partial charge in [0.2, 0.25) is 0 Å². The number of ether oxygens (including phenoxy) is 1. The van der Waals surface area contributed by atoms with Gasteiger partial charge in [-0.05, 0) is 27.2 Å². The summed E-state index contributed by atoms with van der Waals surface area (Å²) in [4.78, 5) is 13.4. The molecular weight excluding hydrogens is 192 g/mol. The molecule has 0 heterocycles. The molecule has 0 radical (unpaired) electrons. The van der Waals surface area contributed by atoms with Crippen molar-refractivity contribution in [3.63, 3.8) is 0 Å². The van der Waals surface area contributed by atoms with Crippen LogP contribution in [0.5, 0.6) is 0 Å². The van der Waals surface area contributed by atoms with Gasteiger partial charge in [-0.15, -0.1) is 0 Å². The third-order valence-corrected chi connectivity index (χ3v) is 2.11. The van der Waals surface area contributed by atoms with Gasteiger partial charge in [0.15, 0.2) is 0 Å². The summed E-state index contributed by atoms with van der Waals surface area (Å²) < 4.78 is 5.16. The molecule has 0 unspecified atom stereocenters. The van der Waals surface area contributed by atoms with E-state index in [1.54, 1.807) is 4.90 Å². The van der Waals surface area contributed by atoms with Gasteiger partial charge in [-0.1, -0.05) is 13.3 Å². The van der Waals surface area contributed by atoms with Crippen LogP contribution < -0.4 is 5.73 Å². The Balaban J connectivity index is 4.18. The third-order valence-electron chi connectivity index (χ3n) is 2.11. The Morgan fingerprint density at radius 2 is 2.00 bits per heavy atom. The Hall–Kier alpha value is -0.770. The Labute approximate surface area is 92.8 Å². The number of nitrogens with zero attached hydrogens (tertiary/aromatic N) is 1. The molecule has 0 aliphatic rings. The number of unbranched alkanes of at least 4 members (excludes halogenated alkanes) is 1. The first kappa shape index (κ1) is 14.2. The lowest BCUT2D eigenvalue weighted by atomic mass is 10.1. The van der Waals surface area contributed by atoms with Crippen LogP contribution in [-0.2, 0) is 4.74 Å². The number of carbonyl (C=O) groups excluding carboxylic acids is 1. The zero-order valence-corrected chi connectivity index (χ0v) is 10.4. The van der Waals surface area contributed by atoms with Crippen molar-refractivity contribution in [1.29, 1.82) is 0 Å². The SMILES string of the molecule is CCCCOC(=O)N(CCN)C(C)(C)C. The maximum absolute atomic E-state index is 11.7. The van der Waals surface area contributed by atoms with Crippen LogP contribution in [0.1, 0.15) is 40.5 Å². The van der Waals surface area contributed by atoms with Crippen molar-refractivity contribution in [2.45, 2.75) is 46.1 Å². The molecule has 90 valence electrons. The Morgan fingerprint density at radius 1 is 1.40 bits per heavy atom. The second-order valence-electron chi connectivity index (χ2n) is 4.58. The minimum Gasteiger partial charge on any atom is -0.449 e. The summed E-state index contributed by atoms with van der Waals surface area (Å²) in [5, 5.41) is 0. The second kappa shape index (κ2) is 6.67. The second-order valence-corrected chi connectivity index (χ2v) is 4.58. The molecule has 0 aliphatic heterocycles. The van der Waals surface area contributed by atoms with E-state index in [-0.39, 0.29) is 11.6 Å². The van der Waals surface area contributed by atoms with E-state index < -0.39 is 0 Å². The van der Waals surface area contributed by atoms with Crippen LogP contribution in [0.3, 0.4) is 0 Å². The lowest BCUT2D eigenvalue weighted by molar-refractivity contribution is 0.0685. The first-order chi connectivity index (χ1) is 6.93. The highest BCUT2D eigenvalue weighted by Gasteiger charge is 2.26. The average Bonchev–Trinajstić information content (AvgIpc) is 2.12. The molecule has 0 atom stereocenters. The maximum atomic E-state index is 11.7. The monoisotopic (exact) mass is 216 g/mol. The number of amides is 1. The third kappa shape index (κ3) is 5.62. The fraction of sp³-hybridized carbons (Fsp3) is 0.909. The lowest BCUT2D eigenvalue weighted by Gasteiger charge is -2.34. The molecule has 0 bridgehead atoms. The van der Waals surface area contributed by atoms with E-state index in [0.29, 0.717) is 19.7 Å². The van der Waals surface area contributed by atoms with E-state index >= 15 is 0 Å². The van der Waals surface area contributed by atoms with E-state index in [0.717, 1.165) is 12.8 Å². The number of nitrogens with two attached hydrogens (primary N) is 1. The Bertz CT molecular complexity index is 188. The molecule has 4 nitrogen and oxygen atoms in total. The highest BCUT2D eigenvalue weighted by molar-refractivity contribution is 5.68. The van der Waals surface area contributed by atoms with Crippen LogP contribution >= 0.6 is 0 Å². The van der Waals surface area contributed by atoms with Crippen molar-refractivity contribution in [2.24, 2.45) is 5.73 Å². The van der Waals surface area contributed by atoms with Crippen LogP contribution in [0.25, 0.3) is 0 Å². The molecule has 2 N–H and O–H groups in total. The van der Waals surface area contributed by atoms with Gasteiger partial charge in [0.25, 0.3) is 0 Å². The smallest absolute Gasteiger partial charge is 0.410 e. The number of hydrogen-bond acceptors (Lipinski definition) is 3. The first-order valence-corrected chi connectivity index (χ1v) is 5.58. The molecular formula is C11H24N2O2. The molecule has 0 saturated heterocycles. The fourth-order valence-electron chi connectivity index (χ4n) is 1.21. The van der Waals surface area contributed by atoms with Gasteiger partial charge in [0.05, 0.1) is 6.61 Å². The van der Waals surface area contributed by atoms with Crippen LogP contribution in [0, 0.1) is 0 Å². The highest BCUT2D eigenvalue weighted by Crippen LogP contribution is 2.14. The van der Waals surface area contributed by atoms with Gasteiger partial charge in [-0.25, -0.2) is 4.79 Å². The number of hydrogen-bond donors (Lipinski definition) is 1. The highest BCUT2D eigenvalue weighted by atomic mass is 16.6. The fourth-order valence-corrected chi connectivity index (χ4v) is 1.21. The first-order valence-electron chi connectivity index (χ1n) is 5.58.